The van der Waals surface area contributed by atoms with Gasteiger partial charge in [0.2, 0.25) is 6.41 Å². The molecule has 1 saturated heterocycles. The molecule has 3 aromatic rings. The molecule has 7 nitrogen and oxygen atoms in total. The summed E-state index contributed by atoms with van der Waals surface area (Å²) in [6, 6.07) is 8.83. The molecule has 178 valence electrons. The number of aromatic nitrogens is 2. The van der Waals surface area contributed by atoms with Crippen LogP contribution in [-0.4, -0.2) is 47.4 Å². The molecule has 0 bridgehead atoms. The second kappa shape index (κ2) is 13.6. The maximum Gasteiger partial charge on any atom is 0.207 e. The van der Waals surface area contributed by atoms with Crippen molar-refractivity contribution < 1.29 is 14.1 Å². The van der Waals surface area contributed by atoms with Crippen molar-refractivity contribution in [1.29, 1.82) is 0 Å². The Kier molecular flexibility index (Phi) is 10.9. The van der Waals surface area contributed by atoms with Gasteiger partial charge in [-0.1, -0.05) is 23.4 Å². The van der Waals surface area contributed by atoms with Crippen molar-refractivity contribution in [3.63, 3.8) is 0 Å². The van der Waals surface area contributed by atoms with E-state index in [-0.39, 0.29) is 0 Å². The predicted octanol–water partition coefficient (Wildman–Crippen LogP) is 4.50. The molecule has 0 radical (unpaired) electrons. The number of benzene rings is 1. The number of amides is 1. The molecule has 1 aliphatic heterocycles. The van der Waals surface area contributed by atoms with Gasteiger partial charge < -0.3 is 19.5 Å². The molecule has 1 aliphatic rings. The Hall–Kier alpha value is -2.84. The second-order valence-corrected chi connectivity index (χ2v) is 9.05. The van der Waals surface area contributed by atoms with Crippen molar-refractivity contribution in [1.82, 2.24) is 20.4 Å². The fraction of sp³-hybridized carbons (Fsp3) is 0.440. The van der Waals surface area contributed by atoms with Crippen LogP contribution in [0.5, 0.6) is 0 Å². The van der Waals surface area contributed by atoms with Crippen molar-refractivity contribution in [2.24, 2.45) is 0 Å². The van der Waals surface area contributed by atoms with E-state index in [1.165, 1.54) is 35.4 Å². The first-order valence-corrected chi connectivity index (χ1v) is 12.0. The van der Waals surface area contributed by atoms with Crippen LogP contribution >= 0.6 is 11.3 Å². The lowest BCUT2D eigenvalue weighted by atomic mass is 10.0. The van der Waals surface area contributed by atoms with E-state index < -0.39 is 0 Å². The molecule has 3 heterocycles. The van der Waals surface area contributed by atoms with Gasteiger partial charge in [0.05, 0.1) is 28.2 Å². The quantitative estimate of drug-likeness (QED) is 0.534. The van der Waals surface area contributed by atoms with Crippen LogP contribution in [0, 0.1) is 20.8 Å². The minimum Gasteiger partial charge on any atom is -0.361 e. The van der Waals surface area contributed by atoms with Crippen LogP contribution in [0.15, 0.2) is 34.3 Å². The molecule has 2 aromatic heterocycles. The number of aryl methyl sites for hydroxylation is 3. The lowest BCUT2D eigenvalue weighted by Gasteiger charge is -2.12. The number of rotatable bonds is 6. The van der Waals surface area contributed by atoms with Gasteiger partial charge in [-0.2, -0.15) is 0 Å². The maximum atomic E-state index is 10.2. The average Bonchev–Trinajstić information content (AvgIpc) is 3.50. The minimum atomic E-state index is 0.320. The molecular weight excluding hydrogens is 436 g/mol. The third kappa shape index (κ3) is 8.55. The topological polar surface area (TPSA) is 88.3 Å². The van der Waals surface area contributed by atoms with Crippen LogP contribution in [0.25, 0.3) is 10.4 Å². The molecule has 1 aromatic carbocycles. The number of carbonyl (C=O) groups excluding carboxylic acids is 2. The largest absolute Gasteiger partial charge is 0.361 e. The number of hydrogen-bond donors (Lipinski definition) is 1. The monoisotopic (exact) mass is 470 g/mol. The first kappa shape index (κ1) is 26.4. The molecule has 0 spiro atoms. The number of carbonyl (C=O) groups is 2. The van der Waals surface area contributed by atoms with E-state index in [0.717, 1.165) is 35.7 Å². The fourth-order valence-corrected chi connectivity index (χ4v) is 4.38. The number of hydrogen-bond acceptors (Lipinski definition) is 7. The summed E-state index contributed by atoms with van der Waals surface area (Å²) in [5, 5.41) is 6.27. The Morgan fingerprint density at radius 3 is 2.48 bits per heavy atom. The average molecular weight is 471 g/mol. The highest BCUT2D eigenvalue weighted by Gasteiger charge is 2.14. The molecule has 0 aliphatic carbocycles. The summed E-state index contributed by atoms with van der Waals surface area (Å²) in [6.07, 6.45) is 4.63. The van der Waals surface area contributed by atoms with Crippen molar-refractivity contribution in [3.05, 3.63) is 58.1 Å². The number of nitrogens with one attached hydrogen (secondary N) is 1. The van der Waals surface area contributed by atoms with E-state index in [1.54, 1.807) is 17.4 Å². The van der Waals surface area contributed by atoms with Gasteiger partial charge in [-0.25, -0.2) is 4.98 Å². The summed E-state index contributed by atoms with van der Waals surface area (Å²) in [5.41, 5.74) is 7.29. The summed E-state index contributed by atoms with van der Waals surface area (Å²) >= 11 is 1.66. The van der Waals surface area contributed by atoms with E-state index in [4.69, 9.17) is 4.52 Å². The van der Waals surface area contributed by atoms with Gasteiger partial charge in [0.25, 0.3) is 0 Å². The van der Waals surface area contributed by atoms with Gasteiger partial charge >= 0.3 is 0 Å². The molecular formula is C25H34N4O3S. The van der Waals surface area contributed by atoms with E-state index in [9.17, 15) is 9.59 Å². The molecule has 1 amide bonds. The molecule has 8 heteroatoms. The van der Waals surface area contributed by atoms with Crippen molar-refractivity contribution >= 4 is 24.0 Å². The Morgan fingerprint density at radius 2 is 2.03 bits per heavy atom. The van der Waals surface area contributed by atoms with E-state index in [0.29, 0.717) is 18.7 Å². The third-order valence-corrected chi connectivity index (χ3v) is 6.48. The summed E-state index contributed by atoms with van der Waals surface area (Å²) < 4.78 is 4.72. The second-order valence-electron chi connectivity index (χ2n) is 8.19. The summed E-state index contributed by atoms with van der Waals surface area (Å²) in [6.45, 7) is 10.1. The van der Waals surface area contributed by atoms with Crippen LogP contribution in [0.1, 0.15) is 48.0 Å². The first-order chi connectivity index (χ1) is 15.8. The SMILES string of the molecule is CC1CCCN1C.Cc1cc(CC=O)on1.Cc1cc(CNC=O)ccc1-c1scnc1C. The van der Waals surface area contributed by atoms with E-state index >= 15 is 0 Å². The van der Waals surface area contributed by atoms with Crippen LogP contribution in [-0.2, 0) is 22.6 Å². The predicted molar refractivity (Wildman–Crippen MR) is 132 cm³/mol. The lowest BCUT2D eigenvalue weighted by Crippen LogP contribution is -2.20. The van der Waals surface area contributed by atoms with Crippen LogP contribution in [0.2, 0.25) is 0 Å². The first-order valence-electron chi connectivity index (χ1n) is 11.1. The molecule has 1 atom stereocenters. The van der Waals surface area contributed by atoms with Gasteiger partial charge in [0, 0.05) is 18.7 Å². The third-order valence-electron chi connectivity index (χ3n) is 5.52. The standard InChI is InChI=1S/C13H14N2OS.C6H7NO2.C6H13N/c1-9-5-11(6-14-7-16)3-4-12(9)13-10(2)15-8-17-13;1-5-4-6(2-3-8)9-7-5;1-6-4-3-5-7(6)2/h3-5,7-8H,6H2,1-2H3,(H,14,16);3-4H,2H2,1H3;6H,3-5H2,1-2H3. The zero-order chi connectivity index (χ0) is 24.2. The summed E-state index contributed by atoms with van der Waals surface area (Å²) in [4.78, 5) is 28.0. The van der Waals surface area contributed by atoms with Crippen molar-refractivity contribution in [2.75, 3.05) is 13.6 Å². The molecule has 1 fully saturated rings. The smallest absolute Gasteiger partial charge is 0.207 e. The van der Waals surface area contributed by atoms with Crippen LogP contribution in [0.4, 0.5) is 0 Å². The summed E-state index contributed by atoms with van der Waals surface area (Å²) in [5.74, 6) is 0.627. The number of likely N-dealkylation sites (tertiary alicyclic amines) is 1. The van der Waals surface area contributed by atoms with E-state index in [1.807, 2.05) is 25.4 Å². The van der Waals surface area contributed by atoms with Gasteiger partial charge in [0.15, 0.2) is 0 Å². The normalized spacial score (nSPS) is 15.1. The van der Waals surface area contributed by atoms with Crippen molar-refractivity contribution in [3.8, 4) is 10.4 Å². The number of aldehydes is 1. The highest BCUT2D eigenvalue weighted by atomic mass is 32.1. The van der Waals surface area contributed by atoms with E-state index in [2.05, 4.69) is 53.4 Å². The van der Waals surface area contributed by atoms with Gasteiger partial charge in [-0.05, 0) is 70.8 Å². The highest BCUT2D eigenvalue weighted by molar-refractivity contribution is 7.13. The van der Waals surface area contributed by atoms with Crippen LogP contribution < -0.4 is 5.32 Å². The summed E-state index contributed by atoms with van der Waals surface area (Å²) in [7, 11) is 2.19. The number of nitrogens with zero attached hydrogens (tertiary/aromatic N) is 3. The van der Waals surface area contributed by atoms with Gasteiger partial charge in [-0.15, -0.1) is 11.3 Å². The molecule has 4 rings (SSSR count). The zero-order valence-corrected chi connectivity index (χ0v) is 20.9. The van der Waals surface area contributed by atoms with Gasteiger partial charge in [0.1, 0.15) is 12.0 Å². The zero-order valence-electron chi connectivity index (χ0n) is 20.1. The van der Waals surface area contributed by atoms with Crippen molar-refractivity contribution in [2.45, 2.75) is 59.5 Å². The van der Waals surface area contributed by atoms with Gasteiger partial charge in [-0.3, -0.25) is 4.79 Å². The van der Waals surface area contributed by atoms with Crippen LogP contribution in [0.3, 0.4) is 0 Å². The molecule has 1 N–H and O–H groups in total. The Morgan fingerprint density at radius 1 is 1.24 bits per heavy atom. The minimum absolute atomic E-state index is 0.320. The maximum absolute atomic E-state index is 10.2. The fourth-order valence-electron chi connectivity index (χ4n) is 3.48. The molecule has 1 unspecified atom stereocenters. The Labute approximate surface area is 200 Å². The molecule has 33 heavy (non-hydrogen) atoms. The lowest BCUT2D eigenvalue weighted by molar-refractivity contribution is -0.109. The Balaban J connectivity index is 0.000000201. The Bertz CT molecular complexity index is 1010. The highest BCUT2D eigenvalue weighted by Crippen LogP contribution is 2.30. The molecule has 0 saturated carbocycles. The number of thiazole rings is 1.